The van der Waals surface area contributed by atoms with Crippen LogP contribution in [0.3, 0.4) is 0 Å². The van der Waals surface area contributed by atoms with E-state index in [4.69, 9.17) is 14.5 Å². The number of fused-ring (bicyclic) bond motifs is 2. The topological polar surface area (TPSA) is 77.5 Å². The number of hydrogen-bond donors (Lipinski definition) is 1. The fourth-order valence-electron chi connectivity index (χ4n) is 4.11. The number of nitrogens with one attached hydrogen (secondary N) is 1. The summed E-state index contributed by atoms with van der Waals surface area (Å²) < 4.78 is 10.8. The van der Waals surface area contributed by atoms with Crippen molar-refractivity contribution in [2.75, 3.05) is 19.0 Å². The Morgan fingerprint density at radius 1 is 1.27 bits per heavy atom. The Morgan fingerprint density at radius 2 is 2.06 bits per heavy atom. The van der Waals surface area contributed by atoms with Crippen molar-refractivity contribution in [2.24, 2.45) is 0 Å². The SMILES string of the molecule is CCOC(=O)c1c(NC(=O)C(C)Sc2cc(C)c3cccc(OC)c3n2)sc2c1CCCC2. The van der Waals surface area contributed by atoms with Crippen LogP contribution < -0.4 is 10.1 Å². The fourth-order valence-corrected chi connectivity index (χ4v) is 6.31. The number of aryl methyl sites for hydroxylation is 2. The number of esters is 1. The molecule has 0 spiro atoms. The smallest absolute Gasteiger partial charge is 0.341 e. The first-order valence-electron chi connectivity index (χ1n) is 11.2. The Morgan fingerprint density at radius 3 is 2.82 bits per heavy atom. The summed E-state index contributed by atoms with van der Waals surface area (Å²) in [6.45, 7) is 5.97. The molecule has 1 aromatic carbocycles. The number of amides is 1. The van der Waals surface area contributed by atoms with Gasteiger partial charge >= 0.3 is 5.97 Å². The molecule has 6 nitrogen and oxygen atoms in total. The van der Waals surface area contributed by atoms with Gasteiger partial charge in [-0.3, -0.25) is 4.79 Å². The summed E-state index contributed by atoms with van der Waals surface area (Å²) in [6.07, 6.45) is 3.94. The van der Waals surface area contributed by atoms with Crippen LogP contribution in [0.25, 0.3) is 10.9 Å². The molecule has 1 aliphatic carbocycles. The number of nitrogens with zero attached hydrogens (tertiary/aromatic N) is 1. The lowest BCUT2D eigenvalue weighted by atomic mass is 9.95. The number of anilines is 1. The van der Waals surface area contributed by atoms with Gasteiger partial charge in [0.2, 0.25) is 5.91 Å². The van der Waals surface area contributed by atoms with E-state index in [2.05, 4.69) is 5.32 Å². The molecule has 3 aromatic rings. The lowest BCUT2D eigenvalue weighted by Gasteiger charge is -2.14. The number of carbonyl (C=O) groups excluding carboxylic acids is 2. The summed E-state index contributed by atoms with van der Waals surface area (Å²) in [7, 11) is 1.63. The molecule has 1 amide bonds. The largest absolute Gasteiger partial charge is 0.494 e. The summed E-state index contributed by atoms with van der Waals surface area (Å²) in [5.41, 5.74) is 3.43. The minimum Gasteiger partial charge on any atom is -0.494 e. The number of pyridine rings is 1. The van der Waals surface area contributed by atoms with Crippen molar-refractivity contribution in [3.63, 3.8) is 0 Å². The molecule has 0 saturated carbocycles. The van der Waals surface area contributed by atoms with Crippen LogP contribution in [0.1, 0.15) is 53.1 Å². The zero-order chi connectivity index (χ0) is 23.5. The molecule has 1 atom stereocenters. The lowest BCUT2D eigenvalue weighted by Crippen LogP contribution is -2.23. The Balaban J connectivity index is 1.56. The van der Waals surface area contributed by atoms with Gasteiger partial charge in [0, 0.05) is 10.3 Å². The maximum Gasteiger partial charge on any atom is 0.341 e. The molecule has 0 fully saturated rings. The molecular formula is C25H28N2O4S2. The second kappa shape index (κ2) is 10.1. The molecule has 1 aliphatic rings. The summed E-state index contributed by atoms with van der Waals surface area (Å²) in [4.78, 5) is 31.7. The number of carbonyl (C=O) groups is 2. The van der Waals surface area contributed by atoms with Crippen molar-refractivity contribution >= 4 is 50.9 Å². The average molecular weight is 485 g/mol. The first-order chi connectivity index (χ1) is 15.9. The highest BCUT2D eigenvalue weighted by molar-refractivity contribution is 8.00. The average Bonchev–Trinajstić information content (AvgIpc) is 3.16. The number of thioether (sulfide) groups is 1. The van der Waals surface area contributed by atoms with E-state index in [1.165, 1.54) is 28.0 Å². The van der Waals surface area contributed by atoms with Gasteiger partial charge in [-0.15, -0.1) is 11.3 Å². The zero-order valence-electron chi connectivity index (χ0n) is 19.3. The van der Waals surface area contributed by atoms with Gasteiger partial charge in [0.05, 0.1) is 29.6 Å². The number of hydrogen-bond acceptors (Lipinski definition) is 7. The van der Waals surface area contributed by atoms with Crippen molar-refractivity contribution in [3.05, 3.63) is 45.8 Å². The van der Waals surface area contributed by atoms with Gasteiger partial charge in [-0.2, -0.15) is 0 Å². The highest BCUT2D eigenvalue weighted by Gasteiger charge is 2.28. The van der Waals surface area contributed by atoms with E-state index < -0.39 is 5.25 Å². The summed E-state index contributed by atoms with van der Waals surface area (Å²) in [6, 6.07) is 7.83. The second-order valence-corrected chi connectivity index (χ2v) is 10.5. The lowest BCUT2D eigenvalue weighted by molar-refractivity contribution is -0.115. The molecular weight excluding hydrogens is 456 g/mol. The van der Waals surface area contributed by atoms with Crippen molar-refractivity contribution in [1.29, 1.82) is 0 Å². The van der Waals surface area contributed by atoms with Crippen LogP contribution in [-0.4, -0.2) is 35.8 Å². The number of thiophene rings is 1. The molecule has 2 aromatic heterocycles. The van der Waals surface area contributed by atoms with Gasteiger partial charge < -0.3 is 14.8 Å². The summed E-state index contributed by atoms with van der Waals surface area (Å²) >= 11 is 2.89. The predicted molar refractivity (Wildman–Crippen MR) is 134 cm³/mol. The Kier molecular flexibility index (Phi) is 7.24. The van der Waals surface area contributed by atoms with Crippen molar-refractivity contribution in [3.8, 4) is 5.75 Å². The molecule has 1 unspecified atom stereocenters. The van der Waals surface area contributed by atoms with E-state index in [-0.39, 0.29) is 11.9 Å². The van der Waals surface area contributed by atoms with E-state index in [9.17, 15) is 9.59 Å². The van der Waals surface area contributed by atoms with Crippen LogP contribution in [0.4, 0.5) is 5.00 Å². The highest BCUT2D eigenvalue weighted by Crippen LogP contribution is 2.39. The van der Waals surface area contributed by atoms with Crippen LogP contribution in [0.5, 0.6) is 5.75 Å². The fraction of sp³-hybridized carbons (Fsp3) is 0.400. The van der Waals surface area contributed by atoms with Gasteiger partial charge in [-0.05, 0) is 69.7 Å². The van der Waals surface area contributed by atoms with Gasteiger partial charge in [0.25, 0.3) is 0 Å². The monoisotopic (exact) mass is 484 g/mol. The van der Waals surface area contributed by atoms with Crippen LogP contribution in [0.15, 0.2) is 29.3 Å². The molecule has 0 bridgehead atoms. The predicted octanol–water partition coefficient (Wildman–Crippen LogP) is 5.79. The van der Waals surface area contributed by atoms with E-state index >= 15 is 0 Å². The third-order valence-electron chi connectivity index (χ3n) is 5.76. The van der Waals surface area contributed by atoms with Gasteiger partial charge in [-0.25, -0.2) is 9.78 Å². The molecule has 8 heteroatoms. The standard InChI is InChI=1S/C25H28N2O4S2/c1-5-31-25(29)21-17-9-6-7-12-19(17)33-24(21)27-23(28)15(3)32-20-13-14(2)16-10-8-11-18(30-4)22(16)26-20/h8,10-11,13,15H,5-7,9,12H2,1-4H3,(H,27,28). The summed E-state index contributed by atoms with van der Waals surface area (Å²) in [5, 5.41) is 4.98. The van der Waals surface area contributed by atoms with Gasteiger partial charge in [-0.1, -0.05) is 23.9 Å². The van der Waals surface area contributed by atoms with E-state index in [0.717, 1.165) is 52.7 Å². The molecule has 0 radical (unpaired) electrons. The zero-order valence-corrected chi connectivity index (χ0v) is 21.0. The molecule has 1 N–H and O–H groups in total. The normalized spacial score (nSPS) is 13.9. The number of rotatable bonds is 7. The van der Waals surface area contributed by atoms with E-state index in [0.29, 0.717) is 22.9 Å². The van der Waals surface area contributed by atoms with Crippen molar-refractivity contribution in [1.82, 2.24) is 4.98 Å². The first kappa shape index (κ1) is 23.6. The van der Waals surface area contributed by atoms with Crippen LogP contribution >= 0.6 is 23.1 Å². The third-order valence-corrected chi connectivity index (χ3v) is 7.99. The van der Waals surface area contributed by atoms with Crippen LogP contribution in [-0.2, 0) is 22.4 Å². The Bertz CT molecular complexity index is 1200. The van der Waals surface area contributed by atoms with E-state index in [1.54, 1.807) is 14.0 Å². The maximum absolute atomic E-state index is 13.1. The van der Waals surface area contributed by atoms with Crippen LogP contribution in [0.2, 0.25) is 0 Å². The number of benzene rings is 1. The molecule has 4 rings (SSSR count). The quantitative estimate of drug-likeness (QED) is 0.338. The number of aromatic nitrogens is 1. The van der Waals surface area contributed by atoms with Gasteiger partial charge in [0.15, 0.2) is 0 Å². The minimum absolute atomic E-state index is 0.163. The molecule has 0 saturated heterocycles. The molecule has 33 heavy (non-hydrogen) atoms. The number of methoxy groups -OCH3 is 1. The van der Waals surface area contributed by atoms with Crippen LogP contribution in [0, 0.1) is 6.92 Å². The highest BCUT2D eigenvalue weighted by atomic mass is 32.2. The molecule has 2 heterocycles. The summed E-state index contributed by atoms with van der Waals surface area (Å²) in [5.74, 6) is 0.188. The van der Waals surface area contributed by atoms with Crippen molar-refractivity contribution < 1.29 is 19.1 Å². The van der Waals surface area contributed by atoms with Crippen molar-refractivity contribution in [2.45, 2.75) is 56.7 Å². The Labute approximate surface area is 202 Å². The number of para-hydroxylation sites is 1. The van der Waals surface area contributed by atoms with Gasteiger partial charge in [0.1, 0.15) is 16.3 Å². The molecule has 0 aliphatic heterocycles. The third kappa shape index (κ3) is 4.87. The Hall–Kier alpha value is -2.58. The maximum atomic E-state index is 13.1. The first-order valence-corrected chi connectivity index (χ1v) is 12.9. The number of ether oxygens (including phenoxy) is 2. The van der Waals surface area contributed by atoms with E-state index in [1.807, 2.05) is 38.1 Å². The molecule has 174 valence electrons. The second-order valence-electron chi connectivity index (χ2n) is 8.02. The minimum atomic E-state index is -0.404.